The molecule has 0 spiro atoms. The molecular weight excluding hydrogens is 332 g/mol. The predicted octanol–water partition coefficient (Wildman–Crippen LogP) is 2.25. The molecule has 0 aromatic rings. The SMILES string of the molecule is CSCC[C@@H](NC(=O)OC(C)(C)C)C(=O)N[C@@H](CC(C)C)C(=O)O. The molecule has 0 aromatic carbocycles. The highest BCUT2D eigenvalue weighted by molar-refractivity contribution is 7.98. The van der Waals surface area contributed by atoms with E-state index in [1.165, 1.54) is 11.8 Å². The van der Waals surface area contributed by atoms with Crippen molar-refractivity contribution in [2.75, 3.05) is 12.0 Å². The Morgan fingerprint density at radius 2 is 1.71 bits per heavy atom. The van der Waals surface area contributed by atoms with Crippen molar-refractivity contribution in [1.82, 2.24) is 10.6 Å². The first-order chi connectivity index (χ1) is 11.0. The van der Waals surface area contributed by atoms with Crippen LogP contribution in [-0.4, -0.2) is 52.8 Å². The molecule has 7 nitrogen and oxygen atoms in total. The molecule has 140 valence electrons. The summed E-state index contributed by atoms with van der Waals surface area (Å²) in [5.41, 5.74) is -0.675. The third kappa shape index (κ3) is 10.4. The summed E-state index contributed by atoms with van der Waals surface area (Å²) in [4.78, 5) is 35.6. The van der Waals surface area contributed by atoms with Gasteiger partial charge in [-0.3, -0.25) is 4.79 Å². The van der Waals surface area contributed by atoms with Crippen LogP contribution in [-0.2, 0) is 14.3 Å². The molecule has 0 aromatic heterocycles. The normalized spacial score (nSPS) is 14.0. The second-order valence-electron chi connectivity index (χ2n) is 7.01. The molecule has 0 fully saturated rings. The summed E-state index contributed by atoms with van der Waals surface area (Å²) >= 11 is 1.53. The molecule has 0 rings (SSSR count). The first-order valence-electron chi connectivity index (χ1n) is 7.98. The molecular formula is C16H30N2O5S. The van der Waals surface area contributed by atoms with Gasteiger partial charge in [-0.25, -0.2) is 9.59 Å². The lowest BCUT2D eigenvalue weighted by Gasteiger charge is -2.24. The Balaban J connectivity index is 4.91. The number of carboxylic acid groups (broad SMARTS) is 1. The molecule has 2 amide bonds. The summed E-state index contributed by atoms with van der Waals surface area (Å²) in [5.74, 6) is -0.828. The summed E-state index contributed by atoms with van der Waals surface area (Å²) in [6, 6.07) is -1.81. The van der Waals surface area contributed by atoms with Gasteiger partial charge in [-0.1, -0.05) is 13.8 Å². The summed E-state index contributed by atoms with van der Waals surface area (Å²) in [5, 5.41) is 14.3. The number of nitrogens with one attached hydrogen (secondary N) is 2. The average molecular weight is 362 g/mol. The molecule has 0 aliphatic heterocycles. The van der Waals surface area contributed by atoms with Gasteiger partial charge < -0.3 is 20.5 Å². The zero-order valence-electron chi connectivity index (χ0n) is 15.3. The Bertz CT molecular complexity index is 435. The van der Waals surface area contributed by atoms with Crippen LogP contribution in [0.25, 0.3) is 0 Å². The predicted molar refractivity (Wildman–Crippen MR) is 95.2 cm³/mol. The lowest BCUT2D eigenvalue weighted by atomic mass is 10.0. The van der Waals surface area contributed by atoms with Crippen molar-refractivity contribution < 1.29 is 24.2 Å². The molecule has 8 heteroatoms. The van der Waals surface area contributed by atoms with E-state index >= 15 is 0 Å². The van der Waals surface area contributed by atoms with Crippen molar-refractivity contribution in [2.45, 2.75) is 65.1 Å². The van der Waals surface area contributed by atoms with E-state index in [1.54, 1.807) is 20.8 Å². The van der Waals surface area contributed by atoms with Crippen LogP contribution in [0.2, 0.25) is 0 Å². The van der Waals surface area contributed by atoms with Crippen LogP contribution in [0, 0.1) is 5.92 Å². The minimum atomic E-state index is -1.09. The van der Waals surface area contributed by atoms with Gasteiger partial charge in [-0.2, -0.15) is 11.8 Å². The number of thioether (sulfide) groups is 1. The van der Waals surface area contributed by atoms with E-state index in [2.05, 4.69) is 10.6 Å². The van der Waals surface area contributed by atoms with Crippen LogP contribution in [0.4, 0.5) is 4.79 Å². The number of hydrogen-bond acceptors (Lipinski definition) is 5. The fraction of sp³-hybridized carbons (Fsp3) is 0.812. The van der Waals surface area contributed by atoms with Gasteiger partial charge in [0.15, 0.2) is 0 Å². The Morgan fingerprint density at radius 1 is 1.12 bits per heavy atom. The van der Waals surface area contributed by atoms with Gasteiger partial charge in [0.25, 0.3) is 0 Å². The largest absolute Gasteiger partial charge is 0.480 e. The van der Waals surface area contributed by atoms with E-state index in [1.807, 2.05) is 20.1 Å². The van der Waals surface area contributed by atoms with E-state index in [4.69, 9.17) is 4.74 Å². The van der Waals surface area contributed by atoms with Gasteiger partial charge in [0.05, 0.1) is 0 Å². The summed E-state index contributed by atoms with van der Waals surface area (Å²) in [7, 11) is 0. The number of ether oxygens (including phenoxy) is 1. The van der Waals surface area contributed by atoms with Gasteiger partial charge in [-0.15, -0.1) is 0 Å². The molecule has 0 unspecified atom stereocenters. The van der Waals surface area contributed by atoms with Crippen molar-refractivity contribution >= 4 is 29.7 Å². The highest BCUT2D eigenvalue weighted by Gasteiger charge is 2.28. The smallest absolute Gasteiger partial charge is 0.408 e. The van der Waals surface area contributed by atoms with Crippen LogP contribution < -0.4 is 10.6 Å². The number of carbonyl (C=O) groups is 3. The lowest BCUT2D eigenvalue weighted by molar-refractivity contribution is -0.142. The molecule has 0 bridgehead atoms. The molecule has 24 heavy (non-hydrogen) atoms. The zero-order chi connectivity index (χ0) is 18.9. The first kappa shape index (κ1) is 22.6. The monoisotopic (exact) mass is 362 g/mol. The van der Waals surface area contributed by atoms with E-state index < -0.39 is 35.7 Å². The molecule has 3 N–H and O–H groups in total. The molecule has 0 radical (unpaired) electrons. The first-order valence-corrected chi connectivity index (χ1v) is 9.37. The van der Waals surface area contributed by atoms with Gasteiger partial charge >= 0.3 is 12.1 Å². The van der Waals surface area contributed by atoms with Crippen molar-refractivity contribution in [1.29, 1.82) is 0 Å². The third-order valence-electron chi connectivity index (χ3n) is 2.94. The van der Waals surface area contributed by atoms with Crippen molar-refractivity contribution in [2.24, 2.45) is 5.92 Å². The summed E-state index contributed by atoms with van der Waals surface area (Å²) in [6.07, 6.45) is 1.91. The number of carboxylic acids is 1. The second kappa shape index (κ2) is 10.4. The van der Waals surface area contributed by atoms with Crippen LogP contribution in [0.1, 0.15) is 47.5 Å². The maximum Gasteiger partial charge on any atom is 0.408 e. The third-order valence-corrected chi connectivity index (χ3v) is 3.58. The van der Waals surface area contributed by atoms with Crippen molar-refractivity contribution in [3.63, 3.8) is 0 Å². The van der Waals surface area contributed by atoms with Crippen LogP contribution in [0.15, 0.2) is 0 Å². The van der Waals surface area contributed by atoms with Crippen molar-refractivity contribution in [3.8, 4) is 0 Å². The number of alkyl carbamates (subject to hydrolysis) is 1. The maximum atomic E-state index is 12.4. The van der Waals surface area contributed by atoms with Gasteiger partial charge in [-0.05, 0) is 51.5 Å². The van der Waals surface area contributed by atoms with Gasteiger partial charge in [0.2, 0.25) is 5.91 Å². The molecule has 0 saturated carbocycles. The molecule has 2 atom stereocenters. The average Bonchev–Trinajstić information content (AvgIpc) is 2.39. The summed E-state index contributed by atoms with van der Waals surface area (Å²) < 4.78 is 5.16. The highest BCUT2D eigenvalue weighted by atomic mass is 32.2. The van der Waals surface area contributed by atoms with E-state index in [0.29, 0.717) is 18.6 Å². The Labute approximate surface area is 148 Å². The quantitative estimate of drug-likeness (QED) is 0.581. The Morgan fingerprint density at radius 3 is 2.12 bits per heavy atom. The second-order valence-corrected chi connectivity index (χ2v) is 7.99. The number of hydrogen-bond donors (Lipinski definition) is 3. The topological polar surface area (TPSA) is 105 Å². The van der Waals surface area contributed by atoms with Crippen LogP contribution in [0.3, 0.4) is 0 Å². The van der Waals surface area contributed by atoms with E-state index in [-0.39, 0.29) is 5.92 Å². The number of amides is 2. The van der Waals surface area contributed by atoms with E-state index in [9.17, 15) is 19.5 Å². The lowest BCUT2D eigenvalue weighted by Crippen LogP contribution is -2.52. The number of rotatable bonds is 9. The van der Waals surface area contributed by atoms with Crippen LogP contribution >= 0.6 is 11.8 Å². The number of aliphatic carboxylic acids is 1. The maximum absolute atomic E-state index is 12.4. The zero-order valence-corrected chi connectivity index (χ0v) is 16.2. The fourth-order valence-corrected chi connectivity index (χ4v) is 2.39. The van der Waals surface area contributed by atoms with Crippen LogP contribution in [0.5, 0.6) is 0 Å². The molecule has 0 saturated heterocycles. The molecule has 0 aliphatic rings. The Hall–Kier alpha value is -1.44. The van der Waals surface area contributed by atoms with Gasteiger partial charge in [0.1, 0.15) is 17.7 Å². The minimum Gasteiger partial charge on any atom is -0.480 e. The number of carbonyl (C=O) groups excluding carboxylic acids is 2. The minimum absolute atomic E-state index is 0.120. The standard InChI is InChI=1S/C16H30N2O5S/c1-10(2)9-12(14(20)21)17-13(19)11(7-8-24-6)18-15(22)23-16(3,4)5/h10-12H,7-9H2,1-6H3,(H,17,19)(H,18,22)(H,20,21)/t11-,12+/m1/s1. The molecule has 0 heterocycles. The molecule has 0 aliphatic carbocycles. The van der Waals surface area contributed by atoms with Crippen molar-refractivity contribution in [3.05, 3.63) is 0 Å². The van der Waals surface area contributed by atoms with E-state index in [0.717, 1.165) is 0 Å². The Kier molecular flexibility index (Phi) is 9.80. The van der Waals surface area contributed by atoms with Gasteiger partial charge in [0, 0.05) is 0 Å². The summed E-state index contributed by atoms with van der Waals surface area (Å²) in [6.45, 7) is 8.95. The fourth-order valence-electron chi connectivity index (χ4n) is 1.92. The highest BCUT2D eigenvalue weighted by Crippen LogP contribution is 2.09.